The maximum atomic E-state index is 12.3. The summed E-state index contributed by atoms with van der Waals surface area (Å²) in [5.74, 6) is -1.20. The summed E-state index contributed by atoms with van der Waals surface area (Å²) in [6, 6.07) is -0.0544. The largest absolute Gasteiger partial charge is 0.481 e. The molecule has 2 saturated carbocycles. The van der Waals surface area contributed by atoms with E-state index >= 15 is 0 Å². The van der Waals surface area contributed by atoms with Crippen LogP contribution in [0.4, 0.5) is 0 Å². The first-order valence-corrected chi connectivity index (χ1v) is 7.19. The highest BCUT2D eigenvalue weighted by molar-refractivity contribution is 6.05. The number of likely N-dealkylation sites (tertiary alicyclic amines) is 1. The number of fused-ring (bicyclic) bond motifs is 1. The molecule has 5 heteroatoms. The van der Waals surface area contributed by atoms with Crippen LogP contribution in [0.15, 0.2) is 0 Å². The molecule has 1 heterocycles. The molecule has 3 fully saturated rings. The Hall–Kier alpha value is -1.39. The van der Waals surface area contributed by atoms with E-state index in [9.17, 15) is 14.4 Å². The van der Waals surface area contributed by atoms with E-state index in [4.69, 9.17) is 5.11 Å². The fourth-order valence-electron chi connectivity index (χ4n) is 3.96. The number of carboxylic acids is 1. The molecule has 104 valence electrons. The van der Waals surface area contributed by atoms with Crippen LogP contribution in [0.25, 0.3) is 0 Å². The average Bonchev–Trinajstić information content (AvgIpc) is 2.95. The molecule has 3 rings (SSSR count). The number of amides is 2. The SMILES string of the molecule is O=C(O)C1CCC(N2C(=O)C3CCCC3C2=O)CC1. The molecule has 2 amide bonds. The lowest BCUT2D eigenvalue weighted by Crippen LogP contribution is -2.43. The zero-order chi connectivity index (χ0) is 13.6. The second-order valence-corrected chi connectivity index (χ2v) is 6.03. The molecule has 2 atom stereocenters. The number of rotatable bonds is 2. The number of carboxylic acid groups (broad SMARTS) is 1. The standard InChI is InChI=1S/C14H19NO4/c16-12-10-2-1-3-11(10)13(17)15(12)9-6-4-8(5-7-9)14(18)19/h8-11H,1-7H2,(H,18,19). The normalized spacial score (nSPS) is 38.6. The summed E-state index contributed by atoms with van der Waals surface area (Å²) in [4.78, 5) is 37.0. The average molecular weight is 265 g/mol. The Bertz CT molecular complexity index is 403. The Balaban J connectivity index is 1.69. The van der Waals surface area contributed by atoms with E-state index < -0.39 is 5.97 Å². The fourth-order valence-corrected chi connectivity index (χ4v) is 3.96. The van der Waals surface area contributed by atoms with E-state index in [-0.39, 0.29) is 35.6 Å². The van der Waals surface area contributed by atoms with Crippen LogP contribution < -0.4 is 0 Å². The third-order valence-electron chi connectivity index (χ3n) is 5.04. The molecule has 0 bridgehead atoms. The van der Waals surface area contributed by atoms with Gasteiger partial charge < -0.3 is 5.11 Å². The number of aliphatic carboxylic acids is 1. The molecule has 5 nitrogen and oxygen atoms in total. The molecular formula is C14H19NO4. The van der Waals surface area contributed by atoms with Crippen LogP contribution in [0.5, 0.6) is 0 Å². The lowest BCUT2D eigenvalue weighted by atomic mass is 9.85. The van der Waals surface area contributed by atoms with Crippen LogP contribution in [0.1, 0.15) is 44.9 Å². The maximum Gasteiger partial charge on any atom is 0.306 e. The van der Waals surface area contributed by atoms with Crippen molar-refractivity contribution in [1.82, 2.24) is 4.90 Å². The van der Waals surface area contributed by atoms with Gasteiger partial charge in [0, 0.05) is 6.04 Å². The zero-order valence-electron chi connectivity index (χ0n) is 10.9. The minimum atomic E-state index is -0.755. The second kappa shape index (κ2) is 4.62. The number of hydrogen-bond donors (Lipinski definition) is 1. The topological polar surface area (TPSA) is 74.7 Å². The number of carbonyl (C=O) groups is 3. The fraction of sp³-hybridized carbons (Fsp3) is 0.786. The highest BCUT2D eigenvalue weighted by Crippen LogP contribution is 2.42. The van der Waals surface area contributed by atoms with Gasteiger partial charge >= 0.3 is 5.97 Å². The predicted octanol–water partition coefficient (Wildman–Crippen LogP) is 1.41. The molecule has 0 radical (unpaired) electrons. The molecule has 3 aliphatic rings. The van der Waals surface area contributed by atoms with Crippen molar-refractivity contribution in [2.75, 3.05) is 0 Å². The summed E-state index contributed by atoms with van der Waals surface area (Å²) in [5, 5.41) is 8.98. The van der Waals surface area contributed by atoms with E-state index in [0.717, 1.165) is 19.3 Å². The molecule has 1 saturated heterocycles. The first-order chi connectivity index (χ1) is 9.09. The van der Waals surface area contributed by atoms with Crippen LogP contribution in [-0.4, -0.2) is 33.8 Å². The number of nitrogens with zero attached hydrogens (tertiary/aromatic N) is 1. The monoisotopic (exact) mass is 265 g/mol. The molecule has 2 aliphatic carbocycles. The minimum absolute atomic E-state index is 0.00581. The van der Waals surface area contributed by atoms with Crippen LogP contribution in [0, 0.1) is 17.8 Å². The van der Waals surface area contributed by atoms with Crippen LogP contribution in [0.3, 0.4) is 0 Å². The number of imide groups is 1. The van der Waals surface area contributed by atoms with Gasteiger partial charge in [-0.25, -0.2) is 0 Å². The smallest absolute Gasteiger partial charge is 0.306 e. The number of hydrogen-bond acceptors (Lipinski definition) is 3. The van der Waals surface area contributed by atoms with Crippen LogP contribution in [-0.2, 0) is 14.4 Å². The van der Waals surface area contributed by atoms with Crippen molar-refractivity contribution in [3.63, 3.8) is 0 Å². The van der Waals surface area contributed by atoms with Gasteiger partial charge in [-0.1, -0.05) is 6.42 Å². The van der Waals surface area contributed by atoms with Crippen molar-refractivity contribution in [1.29, 1.82) is 0 Å². The van der Waals surface area contributed by atoms with Gasteiger partial charge in [-0.2, -0.15) is 0 Å². The van der Waals surface area contributed by atoms with Gasteiger partial charge in [-0.05, 0) is 38.5 Å². The zero-order valence-corrected chi connectivity index (χ0v) is 10.9. The van der Waals surface area contributed by atoms with Gasteiger partial charge in [-0.15, -0.1) is 0 Å². The summed E-state index contributed by atoms with van der Waals surface area (Å²) in [6.07, 6.45) is 5.11. The highest BCUT2D eigenvalue weighted by atomic mass is 16.4. The minimum Gasteiger partial charge on any atom is -0.481 e. The van der Waals surface area contributed by atoms with Crippen molar-refractivity contribution in [3.8, 4) is 0 Å². The maximum absolute atomic E-state index is 12.3. The van der Waals surface area contributed by atoms with Crippen LogP contribution >= 0.6 is 0 Å². The first-order valence-electron chi connectivity index (χ1n) is 7.19. The molecule has 1 aliphatic heterocycles. The van der Waals surface area contributed by atoms with Gasteiger partial charge in [0.05, 0.1) is 17.8 Å². The first kappa shape index (κ1) is 12.6. The van der Waals surface area contributed by atoms with Crippen molar-refractivity contribution in [3.05, 3.63) is 0 Å². The van der Waals surface area contributed by atoms with Gasteiger partial charge in [-0.3, -0.25) is 19.3 Å². The quantitative estimate of drug-likeness (QED) is 0.766. The Morgan fingerprint density at radius 1 is 0.947 bits per heavy atom. The molecule has 0 aromatic carbocycles. The molecule has 1 N–H and O–H groups in total. The molecule has 0 aromatic heterocycles. The highest BCUT2D eigenvalue weighted by Gasteiger charge is 2.52. The third-order valence-corrected chi connectivity index (χ3v) is 5.04. The van der Waals surface area contributed by atoms with Gasteiger partial charge in [0.1, 0.15) is 0 Å². The molecule has 19 heavy (non-hydrogen) atoms. The van der Waals surface area contributed by atoms with Gasteiger partial charge in [0.15, 0.2) is 0 Å². The second-order valence-electron chi connectivity index (χ2n) is 6.03. The Kier molecular flexibility index (Phi) is 3.07. The van der Waals surface area contributed by atoms with Gasteiger partial charge in [0.25, 0.3) is 0 Å². The third kappa shape index (κ3) is 1.95. The Labute approximate surface area is 112 Å². The summed E-state index contributed by atoms with van der Waals surface area (Å²) in [6.45, 7) is 0. The number of carbonyl (C=O) groups excluding carboxylic acids is 2. The summed E-state index contributed by atoms with van der Waals surface area (Å²) < 4.78 is 0. The van der Waals surface area contributed by atoms with E-state index in [2.05, 4.69) is 0 Å². The molecular weight excluding hydrogens is 246 g/mol. The van der Waals surface area contributed by atoms with Gasteiger partial charge in [0.2, 0.25) is 11.8 Å². The lowest BCUT2D eigenvalue weighted by Gasteiger charge is -2.32. The Morgan fingerprint density at radius 2 is 1.47 bits per heavy atom. The molecule has 0 spiro atoms. The van der Waals surface area contributed by atoms with E-state index in [0.29, 0.717) is 25.7 Å². The molecule has 2 unspecified atom stereocenters. The summed E-state index contributed by atoms with van der Waals surface area (Å²) in [7, 11) is 0. The Morgan fingerprint density at radius 3 is 1.95 bits per heavy atom. The van der Waals surface area contributed by atoms with E-state index in [1.165, 1.54) is 4.90 Å². The lowest BCUT2D eigenvalue weighted by molar-refractivity contribution is -0.145. The van der Waals surface area contributed by atoms with Crippen molar-refractivity contribution < 1.29 is 19.5 Å². The van der Waals surface area contributed by atoms with Crippen molar-refractivity contribution in [2.24, 2.45) is 17.8 Å². The molecule has 0 aromatic rings. The summed E-state index contributed by atoms with van der Waals surface area (Å²) >= 11 is 0. The summed E-state index contributed by atoms with van der Waals surface area (Å²) in [5.41, 5.74) is 0. The van der Waals surface area contributed by atoms with Crippen molar-refractivity contribution >= 4 is 17.8 Å². The van der Waals surface area contributed by atoms with E-state index in [1.54, 1.807) is 0 Å². The van der Waals surface area contributed by atoms with Crippen molar-refractivity contribution in [2.45, 2.75) is 51.0 Å². The predicted molar refractivity (Wildman–Crippen MR) is 66.1 cm³/mol. The van der Waals surface area contributed by atoms with E-state index in [1.807, 2.05) is 0 Å². The van der Waals surface area contributed by atoms with Crippen LogP contribution in [0.2, 0.25) is 0 Å².